The number of aromatic nitrogens is 2. The summed E-state index contributed by atoms with van der Waals surface area (Å²) in [5, 5.41) is 3.94. The van der Waals surface area contributed by atoms with Crippen LogP contribution in [0, 0.1) is 5.92 Å². The van der Waals surface area contributed by atoms with Crippen LogP contribution in [-0.4, -0.2) is 67.3 Å². The average Bonchev–Trinajstić information content (AvgIpc) is 3.18. The molecule has 0 saturated carbocycles. The van der Waals surface area contributed by atoms with Crippen LogP contribution in [0.25, 0.3) is 10.3 Å². The Labute approximate surface area is 151 Å². The van der Waals surface area contributed by atoms with E-state index in [1.807, 2.05) is 12.1 Å². The summed E-state index contributed by atoms with van der Waals surface area (Å²) in [7, 11) is 8.09. The van der Waals surface area contributed by atoms with Gasteiger partial charge in [-0.25, -0.2) is 15.0 Å². The van der Waals surface area contributed by atoms with Crippen molar-refractivity contribution < 1.29 is 13.9 Å². The highest BCUT2D eigenvalue weighted by Crippen LogP contribution is 2.43. The molecule has 3 fully saturated rings. The number of pyridine rings is 1. The van der Waals surface area contributed by atoms with Crippen LogP contribution in [0.1, 0.15) is 12.8 Å². The monoisotopic (exact) mass is 356 g/mol. The SMILES string of the molecule is [B][N+]12CCC(CC1)C1(CN=C(Nc3nc4ccc(OC)nc4s3)O1)C2. The van der Waals surface area contributed by atoms with Gasteiger partial charge in [-0.1, -0.05) is 11.3 Å². The van der Waals surface area contributed by atoms with Crippen molar-refractivity contribution in [2.75, 3.05) is 38.6 Å². The molecule has 6 heterocycles. The molecule has 25 heavy (non-hydrogen) atoms. The van der Waals surface area contributed by atoms with Gasteiger partial charge in [-0.05, 0) is 6.07 Å². The Bertz CT molecular complexity index is 863. The third-order valence-electron chi connectivity index (χ3n) is 5.62. The Hall–Kier alpha value is -1.87. The number of piperidine rings is 3. The zero-order valence-corrected chi connectivity index (χ0v) is 14.9. The van der Waals surface area contributed by atoms with Crippen LogP contribution in [-0.2, 0) is 4.74 Å². The van der Waals surface area contributed by atoms with E-state index in [4.69, 9.17) is 17.5 Å². The van der Waals surface area contributed by atoms with E-state index in [1.54, 1.807) is 7.11 Å². The number of anilines is 1. The van der Waals surface area contributed by atoms with E-state index in [1.165, 1.54) is 11.3 Å². The number of hydrogen-bond acceptors (Lipinski definition) is 7. The largest absolute Gasteiger partial charge is 0.481 e. The molecule has 128 valence electrons. The summed E-state index contributed by atoms with van der Waals surface area (Å²) in [6.07, 6.45) is 2.23. The van der Waals surface area contributed by atoms with Gasteiger partial charge in [0.2, 0.25) is 5.88 Å². The van der Waals surface area contributed by atoms with Gasteiger partial charge in [0.1, 0.15) is 16.9 Å². The number of aliphatic imine (C=N–C) groups is 1. The second-order valence-corrected chi connectivity index (χ2v) is 8.19. The van der Waals surface area contributed by atoms with Gasteiger partial charge >= 0.3 is 7.98 Å². The molecular formula is C16H19BN5O2S+. The minimum Gasteiger partial charge on any atom is -0.481 e. The maximum absolute atomic E-state index is 6.48. The van der Waals surface area contributed by atoms with Gasteiger partial charge in [0.25, 0.3) is 6.02 Å². The van der Waals surface area contributed by atoms with Gasteiger partial charge in [0, 0.05) is 24.8 Å². The van der Waals surface area contributed by atoms with Crippen LogP contribution >= 0.6 is 11.3 Å². The van der Waals surface area contributed by atoms with Crippen molar-refractivity contribution in [2.24, 2.45) is 10.9 Å². The van der Waals surface area contributed by atoms with Crippen LogP contribution in [0.15, 0.2) is 17.1 Å². The van der Waals surface area contributed by atoms with E-state index in [0.29, 0.717) is 28.8 Å². The lowest BCUT2D eigenvalue weighted by atomic mass is 9.72. The standard InChI is InChI=1S/C16H19BN5O2S/c1-23-12-3-2-11-13(20-12)25-15(19-11)21-14-18-8-16(24-14)9-22(17)6-4-10(16)5-7-22/h2-3,10H,4-9H2,1H3,(H,18,19,21)/q+1. The Morgan fingerprint density at radius 3 is 2.96 bits per heavy atom. The fourth-order valence-electron chi connectivity index (χ4n) is 4.31. The number of nitrogens with zero attached hydrogens (tertiary/aromatic N) is 4. The first kappa shape index (κ1) is 15.4. The van der Waals surface area contributed by atoms with Crippen LogP contribution in [0.2, 0.25) is 0 Å². The number of hydrogen-bond donors (Lipinski definition) is 1. The minimum atomic E-state index is -0.244. The Morgan fingerprint density at radius 1 is 1.36 bits per heavy atom. The second kappa shape index (κ2) is 5.31. The third kappa shape index (κ3) is 2.48. The third-order valence-corrected chi connectivity index (χ3v) is 6.50. The number of rotatable bonds is 2. The van der Waals surface area contributed by atoms with Crippen LogP contribution in [0.4, 0.5) is 5.13 Å². The van der Waals surface area contributed by atoms with Crippen LogP contribution in [0.3, 0.4) is 0 Å². The summed E-state index contributed by atoms with van der Waals surface area (Å²) in [6, 6.07) is 4.26. The van der Waals surface area contributed by atoms with E-state index in [-0.39, 0.29) is 5.60 Å². The molecule has 7 nitrogen and oxygen atoms in total. The number of methoxy groups -OCH3 is 1. The first-order valence-electron chi connectivity index (χ1n) is 8.54. The molecule has 2 radical (unpaired) electrons. The maximum Gasteiger partial charge on any atom is 0.481 e. The van der Waals surface area contributed by atoms with Gasteiger partial charge in [-0.2, -0.15) is 0 Å². The Kier molecular flexibility index (Phi) is 3.27. The normalized spacial score (nSPS) is 33.5. The van der Waals surface area contributed by atoms with Crippen molar-refractivity contribution in [1.82, 2.24) is 9.97 Å². The highest BCUT2D eigenvalue weighted by atomic mass is 32.1. The Balaban J connectivity index is 1.34. The van der Waals surface area contributed by atoms with E-state index in [9.17, 15) is 0 Å². The first-order chi connectivity index (χ1) is 12.1. The molecule has 0 aromatic carbocycles. The highest BCUT2D eigenvalue weighted by Gasteiger charge is 2.57. The summed E-state index contributed by atoms with van der Waals surface area (Å²) in [5.41, 5.74) is 0.585. The van der Waals surface area contributed by atoms with Crippen molar-refractivity contribution in [1.29, 1.82) is 0 Å². The lowest BCUT2D eigenvalue weighted by Gasteiger charge is -2.55. The molecule has 1 spiro atoms. The van der Waals surface area contributed by atoms with Crippen molar-refractivity contribution in [3.63, 3.8) is 0 Å². The van der Waals surface area contributed by atoms with E-state index in [2.05, 4.69) is 20.3 Å². The molecule has 1 N–H and O–H groups in total. The summed E-state index contributed by atoms with van der Waals surface area (Å²) >= 11 is 1.46. The van der Waals surface area contributed by atoms with E-state index >= 15 is 0 Å². The van der Waals surface area contributed by atoms with Gasteiger partial charge in [-0.3, -0.25) is 5.32 Å². The predicted molar refractivity (Wildman–Crippen MR) is 97.0 cm³/mol. The van der Waals surface area contributed by atoms with Crippen molar-refractivity contribution in [3.8, 4) is 5.88 Å². The highest BCUT2D eigenvalue weighted by molar-refractivity contribution is 7.21. The summed E-state index contributed by atoms with van der Waals surface area (Å²) < 4.78 is 12.1. The summed E-state index contributed by atoms with van der Waals surface area (Å²) in [6.45, 7) is 3.60. The van der Waals surface area contributed by atoms with Gasteiger partial charge in [-0.15, -0.1) is 0 Å². The molecule has 2 bridgehead atoms. The number of ether oxygens (including phenoxy) is 2. The lowest BCUT2D eigenvalue weighted by Crippen LogP contribution is -2.69. The number of quaternary nitrogens is 1. The average molecular weight is 356 g/mol. The van der Waals surface area contributed by atoms with Crippen molar-refractivity contribution in [2.45, 2.75) is 18.4 Å². The van der Waals surface area contributed by atoms with Gasteiger partial charge < -0.3 is 13.9 Å². The fraction of sp³-hybridized carbons (Fsp3) is 0.562. The fourth-order valence-corrected chi connectivity index (χ4v) is 5.13. The number of thiazole rings is 1. The minimum absolute atomic E-state index is 0.244. The molecule has 4 aliphatic rings. The quantitative estimate of drug-likeness (QED) is 0.828. The zero-order valence-electron chi connectivity index (χ0n) is 14.1. The molecular weight excluding hydrogens is 337 g/mol. The molecule has 4 aliphatic heterocycles. The zero-order chi connectivity index (χ0) is 17.1. The van der Waals surface area contributed by atoms with Crippen molar-refractivity contribution in [3.05, 3.63) is 12.1 Å². The molecule has 3 saturated heterocycles. The van der Waals surface area contributed by atoms with E-state index in [0.717, 1.165) is 48.0 Å². The molecule has 9 heteroatoms. The van der Waals surface area contributed by atoms with E-state index < -0.39 is 0 Å². The molecule has 0 aliphatic carbocycles. The summed E-state index contributed by atoms with van der Waals surface area (Å²) in [5.74, 6) is 1.13. The predicted octanol–water partition coefficient (Wildman–Crippen LogP) is 1.56. The van der Waals surface area contributed by atoms with Crippen molar-refractivity contribution >= 4 is 40.8 Å². The number of amidine groups is 1. The molecule has 6 rings (SSSR count). The molecule has 2 aromatic rings. The van der Waals surface area contributed by atoms with Gasteiger partial charge in [0.15, 0.2) is 10.7 Å². The van der Waals surface area contributed by atoms with Crippen LogP contribution < -0.4 is 10.1 Å². The maximum atomic E-state index is 6.48. The molecule has 1 unspecified atom stereocenters. The first-order valence-corrected chi connectivity index (χ1v) is 9.36. The number of fused-ring (bicyclic) bond motifs is 3. The Morgan fingerprint density at radius 2 is 2.20 bits per heavy atom. The van der Waals surface area contributed by atoms with Gasteiger partial charge in [0.05, 0.1) is 26.7 Å². The molecule has 0 amide bonds. The second-order valence-electron chi connectivity index (χ2n) is 7.21. The molecule has 1 atom stereocenters. The topological polar surface area (TPSA) is 68.6 Å². The lowest BCUT2D eigenvalue weighted by molar-refractivity contribution is -0.845. The molecule has 2 aromatic heterocycles. The van der Waals surface area contributed by atoms with Crippen LogP contribution in [0.5, 0.6) is 5.88 Å². The number of nitrogens with one attached hydrogen (secondary N) is 1. The summed E-state index contributed by atoms with van der Waals surface area (Å²) in [4.78, 5) is 14.4. The smallest absolute Gasteiger partial charge is 0.481 e.